The van der Waals surface area contributed by atoms with Gasteiger partial charge in [-0.25, -0.2) is 8.42 Å². The molecule has 0 radical (unpaired) electrons. The first kappa shape index (κ1) is 17.5. The standard InChI is InChI=1S/C14H23N3O3S/c1-3-10-21(19,20)17-13-7-4-6-12(11-13)14(18)16-9-5-8-15-2/h4,6-7,11,15,17H,3,5,8-10H2,1-2H3,(H,16,18). The zero-order valence-electron chi connectivity index (χ0n) is 12.5. The third kappa shape index (κ3) is 6.59. The van der Waals surface area contributed by atoms with E-state index in [0.29, 0.717) is 24.2 Å². The first-order valence-corrected chi connectivity index (χ1v) is 8.67. The van der Waals surface area contributed by atoms with Crippen LogP contribution in [0.25, 0.3) is 0 Å². The maximum absolute atomic E-state index is 11.9. The molecule has 0 aromatic heterocycles. The summed E-state index contributed by atoms with van der Waals surface area (Å²) in [7, 11) is -1.49. The molecule has 0 aliphatic heterocycles. The Morgan fingerprint density at radius 3 is 2.67 bits per heavy atom. The van der Waals surface area contributed by atoms with Crippen LogP contribution in [0.2, 0.25) is 0 Å². The van der Waals surface area contributed by atoms with E-state index in [1.54, 1.807) is 31.2 Å². The molecule has 7 heteroatoms. The molecule has 3 N–H and O–H groups in total. The number of benzene rings is 1. The van der Waals surface area contributed by atoms with E-state index in [2.05, 4.69) is 15.4 Å². The van der Waals surface area contributed by atoms with Crippen LogP contribution in [0.3, 0.4) is 0 Å². The normalized spacial score (nSPS) is 11.1. The zero-order valence-corrected chi connectivity index (χ0v) is 13.3. The Kier molecular flexibility index (Phi) is 7.18. The van der Waals surface area contributed by atoms with E-state index >= 15 is 0 Å². The van der Waals surface area contributed by atoms with Crippen LogP contribution in [0, 0.1) is 0 Å². The molecule has 0 atom stereocenters. The predicted octanol–water partition coefficient (Wildman–Crippen LogP) is 1.18. The van der Waals surface area contributed by atoms with Gasteiger partial charge < -0.3 is 10.6 Å². The molecule has 6 nitrogen and oxygen atoms in total. The lowest BCUT2D eigenvalue weighted by molar-refractivity contribution is 0.0953. The van der Waals surface area contributed by atoms with Gasteiger partial charge in [-0.2, -0.15) is 0 Å². The molecule has 0 aliphatic rings. The van der Waals surface area contributed by atoms with Crippen LogP contribution < -0.4 is 15.4 Å². The minimum atomic E-state index is -3.34. The van der Waals surface area contributed by atoms with Crippen molar-refractivity contribution in [1.82, 2.24) is 10.6 Å². The molecule has 0 heterocycles. The first-order chi connectivity index (χ1) is 9.98. The van der Waals surface area contributed by atoms with Gasteiger partial charge >= 0.3 is 0 Å². The molecule has 0 aliphatic carbocycles. The number of anilines is 1. The Balaban J connectivity index is 2.65. The maximum atomic E-state index is 11.9. The number of amides is 1. The summed E-state index contributed by atoms with van der Waals surface area (Å²) in [5.41, 5.74) is 0.850. The molecule has 0 unspecified atom stereocenters. The minimum Gasteiger partial charge on any atom is -0.352 e. The summed E-state index contributed by atoms with van der Waals surface area (Å²) in [6, 6.07) is 6.49. The van der Waals surface area contributed by atoms with Crippen LogP contribution in [0.5, 0.6) is 0 Å². The number of carbonyl (C=O) groups excluding carboxylic acids is 1. The second-order valence-electron chi connectivity index (χ2n) is 4.71. The summed E-state index contributed by atoms with van der Waals surface area (Å²) in [6.45, 7) is 3.21. The number of sulfonamides is 1. The highest BCUT2D eigenvalue weighted by Crippen LogP contribution is 2.13. The summed E-state index contributed by atoms with van der Waals surface area (Å²) in [6.07, 6.45) is 1.38. The fourth-order valence-electron chi connectivity index (χ4n) is 1.79. The van der Waals surface area contributed by atoms with Gasteiger partial charge in [0.1, 0.15) is 0 Å². The van der Waals surface area contributed by atoms with Crippen LogP contribution in [0.15, 0.2) is 24.3 Å². The number of nitrogens with one attached hydrogen (secondary N) is 3. The molecular weight excluding hydrogens is 290 g/mol. The Hall–Kier alpha value is -1.60. The molecule has 1 amide bonds. The van der Waals surface area contributed by atoms with Gasteiger partial charge in [0, 0.05) is 17.8 Å². The molecule has 1 rings (SSSR count). The van der Waals surface area contributed by atoms with Crippen molar-refractivity contribution in [3.8, 4) is 0 Å². The Morgan fingerprint density at radius 2 is 2.00 bits per heavy atom. The summed E-state index contributed by atoms with van der Waals surface area (Å²) < 4.78 is 25.9. The van der Waals surface area contributed by atoms with Crippen LogP contribution in [0.1, 0.15) is 30.1 Å². The Bertz CT molecular complexity index is 558. The lowest BCUT2D eigenvalue weighted by Gasteiger charge is -2.09. The molecule has 0 saturated heterocycles. The molecule has 21 heavy (non-hydrogen) atoms. The monoisotopic (exact) mass is 313 g/mol. The third-order valence-corrected chi connectivity index (χ3v) is 4.25. The lowest BCUT2D eigenvalue weighted by Crippen LogP contribution is -2.26. The van der Waals surface area contributed by atoms with Gasteiger partial charge in [-0.3, -0.25) is 9.52 Å². The summed E-state index contributed by atoms with van der Waals surface area (Å²) in [4.78, 5) is 11.9. The lowest BCUT2D eigenvalue weighted by atomic mass is 10.2. The summed E-state index contributed by atoms with van der Waals surface area (Å²) >= 11 is 0. The Labute approximate surface area is 126 Å². The van der Waals surface area contributed by atoms with E-state index in [1.165, 1.54) is 0 Å². The van der Waals surface area contributed by atoms with E-state index < -0.39 is 10.0 Å². The van der Waals surface area contributed by atoms with Crippen LogP contribution in [0.4, 0.5) is 5.69 Å². The van der Waals surface area contributed by atoms with E-state index in [0.717, 1.165) is 13.0 Å². The van der Waals surface area contributed by atoms with Crippen LogP contribution in [-0.2, 0) is 10.0 Å². The summed E-state index contributed by atoms with van der Waals surface area (Å²) in [5, 5.41) is 5.79. The molecule has 118 valence electrons. The van der Waals surface area contributed by atoms with E-state index in [-0.39, 0.29) is 11.7 Å². The maximum Gasteiger partial charge on any atom is 0.251 e. The highest BCUT2D eigenvalue weighted by molar-refractivity contribution is 7.92. The summed E-state index contributed by atoms with van der Waals surface area (Å²) in [5.74, 6) is -0.143. The van der Waals surface area contributed by atoms with Crippen molar-refractivity contribution < 1.29 is 13.2 Å². The molecular formula is C14H23N3O3S. The number of rotatable bonds is 9. The number of carbonyl (C=O) groups is 1. The van der Waals surface area contributed by atoms with Crippen LogP contribution in [-0.4, -0.2) is 40.2 Å². The average molecular weight is 313 g/mol. The Morgan fingerprint density at radius 1 is 1.24 bits per heavy atom. The third-order valence-electron chi connectivity index (χ3n) is 2.76. The van der Waals surface area contributed by atoms with Gasteiger partial charge in [-0.1, -0.05) is 13.0 Å². The zero-order chi connectivity index (χ0) is 15.7. The van der Waals surface area contributed by atoms with Crippen molar-refractivity contribution in [1.29, 1.82) is 0 Å². The molecule has 0 spiro atoms. The second kappa shape index (κ2) is 8.63. The largest absolute Gasteiger partial charge is 0.352 e. The van der Waals surface area contributed by atoms with Gasteiger partial charge in [-0.05, 0) is 44.6 Å². The van der Waals surface area contributed by atoms with Crippen molar-refractivity contribution in [2.45, 2.75) is 19.8 Å². The van der Waals surface area contributed by atoms with E-state index in [9.17, 15) is 13.2 Å². The van der Waals surface area contributed by atoms with Gasteiger partial charge in [-0.15, -0.1) is 0 Å². The second-order valence-corrected chi connectivity index (χ2v) is 6.56. The molecule has 1 aromatic rings. The van der Waals surface area contributed by atoms with Gasteiger partial charge in [0.05, 0.1) is 5.75 Å². The van der Waals surface area contributed by atoms with Crippen molar-refractivity contribution in [2.75, 3.05) is 30.6 Å². The van der Waals surface area contributed by atoms with Gasteiger partial charge in [0.15, 0.2) is 0 Å². The van der Waals surface area contributed by atoms with Crippen molar-refractivity contribution in [3.63, 3.8) is 0 Å². The highest BCUT2D eigenvalue weighted by Gasteiger charge is 2.10. The fraction of sp³-hybridized carbons (Fsp3) is 0.500. The SMILES string of the molecule is CCCS(=O)(=O)Nc1cccc(C(=O)NCCCNC)c1. The smallest absolute Gasteiger partial charge is 0.251 e. The molecule has 0 fully saturated rings. The average Bonchev–Trinajstić information content (AvgIpc) is 2.43. The minimum absolute atomic E-state index is 0.0629. The van der Waals surface area contributed by atoms with Crippen molar-refractivity contribution in [2.24, 2.45) is 0 Å². The highest BCUT2D eigenvalue weighted by atomic mass is 32.2. The molecule has 0 saturated carbocycles. The molecule has 1 aromatic carbocycles. The van der Waals surface area contributed by atoms with E-state index in [1.807, 2.05) is 7.05 Å². The van der Waals surface area contributed by atoms with Gasteiger partial charge in [0.2, 0.25) is 10.0 Å². The first-order valence-electron chi connectivity index (χ1n) is 7.02. The number of hydrogen-bond donors (Lipinski definition) is 3. The van der Waals surface area contributed by atoms with Crippen molar-refractivity contribution >= 4 is 21.6 Å². The predicted molar refractivity (Wildman–Crippen MR) is 85.0 cm³/mol. The van der Waals surface area contributed by atoms with E-state index in [4.69, 9.17) is 0 Å². The number of hydrogen-bond acceptors (Lipinski definition) is 4. The van der Waals surface area contributed by atoms with Crippen molar-refractivity contribution in [3.05, 3.63) is 29.8 Å². The quantitative estimate of drug-likeness (QED) is 0.597. The topological polar surface area (TPSA) is 87.3 Å². The fourth-order valence-corrected chi connectivity index (χ4v) is 2.92. The van der Waals surface area contributed by atoms with Gasteiger partial charge in [0.25, 0.3) is 5.91 Å². The molecule has 0 bridgehead atoms. The van der Waals surface area contributed by atoms with Crippen LogP contribution >= 0.6 is 0 Å².